The summed E-state index contributed by atoms with van der Waals surface area (Å²) in [5.74, 6) is -0.363. The van der Waals surface area contributed by atoms with Gasteiger partial charge in [-0.1, -0.05) is 17.7 Å². The van der Waals surface area contributed by atoms with Crippen LogP contribution in [0.3, 0.4) is 0 Å². The van der Waals surface area contributed by atoms with E-state index >= 15 is 0 Å². The highest BCUT2D eigenvalue weighted by atomic mass is 127. The summed E-state index contributed by atoms with van der Waals surface area (Å²) in [7, 11) is 0. The van der Waals surface area contributed by atoms with Gasteiger partial charge >= 0.3 is 0 Å². The molecule has 3 aromatic carbocycles. The number of amides is 1. The smallest absolute Gasteiger partial charge is 0.257 e. The van der Waals surface area contributed by atoms with Gasteiger partial charge in [-0.25, -0.2) is 9.37 Å². The number of rotatable bonds is 3. The molecule has 0 saturated heterocycles. The molecule has 4 rings (SSSR count). The number of hydrogen-bond donors (Lipinski definition) is 1. The lowest BCUT2D eigenvalue weighted by molar-refractivity contribution is 0.102. The molecule has 1 amide bonds. The first-order valence-electron chi connectivity index (χ1n) is 7.92. The Morgan fingerprint density at radius 2 is 1.96 bits per heavy atom. The Kier molecular flexibility index (Phi) is 4.84. The monoisotopic (exact) mass is 492 g/mol. The number of carbonyl (C=O) groups is 1. The number of nitrogens with one attached hydrogen (secondary N) is 1. The van der Waals surface area contributed by atoms with Crippen LogP contribution in [0.25, 0.3) is 22.6 Å². The summed E-state index contributed by atoms with van der Waals surface area (Å²) in [5, 5.41) is 3.19. The molecule has 0 unspecified atom stereocenters. The minimum Gasteiger partial charge on any atom is -0.436 e. The zero-order valence-electron chi connectivity index (χ0n) is 13.7. The van der Waals surface area contributed by atoms with Crippen molar-refractivity contribution in [3.8, 4) is 11.5 Å². The van der Waals surface area contributed by atoms with Crippen molar-refractivity contribution in [3.05, 3.63) is 80.6 Å². The van der Waals surface area contributed by atoms with Gasteiger partial charge in [0.25, 0.3) is 5.91 Å². The summed E-state index contributed by atoms with van der Waals surface area (Å²) in [5.41, 5.74) is 2.59. The zero-order valence-corrected chi connectivity index (χ0v) is 16.6. The molecule has 0 atom stereocenters. The number of fused-ring (bicyclic) bond motifs is 1. The van der Waals surface area contributed by atoms with Crippen LogP contribution in [0.5, 0.6) is 0 Å². The van der Waals surface area contributed by atoms with E-state index in [4.69, 9.17) is 16.0 Å². The Balaban J connectivity index is 1.64. The van der Waals surface area contributed by atoms with E-state index in [9.17, 15) is 9.18 Å². The molecule has 0 aliphatic heterocycles. The minimum absolute atomic E-state index is 0.313. The molecule has 0 fully saturated rings. The lowest BCUT2D eigenvalue weighted by atomic mass is 10.2. The van der Waals surface area contributed by atoms with E-state index < -0.39 is 0 Å². The van der Waals surface area contributed by atoms with Crippen molar-refractivity contribution in [1.29, 1.82) is 0 Å². The first-order chi connectivity index (χ1) is 13.0. The molecule has 4 aromatic rings. The van der Waals surface area contributed by atoms with Crippen LogP contribution in [0.15, 0.2) is 65.1 Å². The maximum Gasteiger partial charge on any atom is 0.257 e. The first kappa shape index (κ1) is 17.9. The van der Waals surface area contributed by atoms with Gasteiger partial charge in [-0.3, -0.25) is 4.79 Å². The highest BCUT2D eigenvalue weighted by Gasteiger charge is 2.13. The molecular formula is C20H11ClFIN2O2. The number of oxazole rings is 1. The largest absolute Gasteiger partial charge is 0.436 e. The maximum absolute atomic E-state index is 13.4. The first-order valence-corrected chi connectivity index (χ1v) is 9.38. The summed E-state index contributed by atoms with van der Waals surface area (Å²) in [6.45, 7) is 0. The van der Waals surface area contributed by atoms with E-state index in [0.717, 1.165) is 3.57 Å². The van der Waals surface area contributed by atoms with E-state index in [0.29, 0.717) is 38.8 Å². The van der Waals surface area contributed by atoms with Gasteiger partial charge in [0.05, 0.1) is 10.6 Å². The van der Waals surface area contributed by atoms with Crippen LogP contribution in [0.2, 0.25) is 5.02 Å². The molecule has 0 aliphatic carbocycles. The Morgan fingerprint density at radius 3 is 2.78 bits per heavy atom. The topological polar surface area (TPSA) is 55.1 Å². The zero-order chi connectivity index (χ0) is 19.0. The molecule has 4 nitrogen and oxygen atoms in total. The molecular weight excluding hydrogens is 482 g/mol. The lowest BCUT2D eigenvalue weighted by Gasteiger charge is -2.07. The third-order valence-electron chi connectivity index (χ3n) is 3.89. The molecule has 0 bridgehead atoms. The number of benzene rings is 3. The summed E-state index contributed by atoms with van der Waals surface area (Å²) in [6, 6.07) is 16.4. The lowest BCUT2D eigenvalue weighted by Crippen LogP contribution is -2.12. The van der Waals surface area contributed by atoms with Crippen LogP contribution in [0, 0.1) is 9.39 Å². The van der Waals surface area contributed by atoms with Crippen LogP contribution >= 0.6 is 34.2 Å². The summed E-state index contributed by atoms with van der Waals surface area (Å²) in [4.78, 5) is 16.9. The average Bonchev–Trinajstić information content (AvgIpc) is 3.07. The van der Waals surface area contributed by atoms with Gasteiger partial charge in [0.1, 0.15) is 11.3 Å². The summed E-state index contributed by atoms with van der Waals surface area (Å²) >= 11 is 8.23. The van der Waals surface area contributed by atoms with Crippen LogP contribution in [0.4, 0.5) is 10.1 Å². The molecule has 0 aliphatic rings. The molecule has 0 radical (unpaired) electrons. The highest BCUT2D eigenvalue weighted by molar-refractivity contribution is 14.1. The predicted molar refractivity (Wildman–Crippen MR) is 112 cm³/mol. The van der Waals surface area contributed by atoms with Gasteiger partial charge in [0.2, 0.25) is 5.89 Å². The van der Waals surface area contributed by atoms with E-state index in [-0.39, 0.29) is 11.7 Å². The van der Waals surface area contributed by atoms with Crippen LogP contribution in [-0.2, 0) is 0 Å². The molecule has 0 saturated carbocycles. The van der Waals surface area contributed by atoms with Crippen molar-refractivity contribution in [2.45, 2.75) is 0 Å². The van der Waals surface area contributed by atoms with E-state index in [1.165, 1.54) is 12.1 Å². The van der Waals surface area contributed by atoms with E-state index in [1.807, 2.05) is 6.07 Å². The predicted octanol–water partition coefficient (Wildman–Crippen LogP) is 6.14. The molecule has 0 spiro atoms. The Labute approximate surface area is 172 Å². The number of anilines is 1. The van der Waals surface area contributed by atoms with Crippen molar-refractivity contribution < 1.29 is 13.6 Å². The quantitative estimate of drug-likeness (QED) is 0.349. The van der Waals surface area contributed by atoms with Crippen molar-refractivity contribution in [2.24, 2.45) is 0 Å². The molecule has 1 heterocycles. The molecule has 134 valence electrons. The number of aromatic nitrogens is 1. The second kappa shape index (κ2) is 7.28. The molecule has 1 N–H and O–H groups in total. The van der Waals surface area contributed by atoms with Gasteiger partial charge in [0, 0.05) is 14.8 Å². The van der Waals surface area contributed by atoms with Crippen molar-refractivity contribution in [3.63, 3.8) is 0 Å². The average molecular weight is 493 g/mol. The van der Waals surface area contributed by atoms with Gasteiger partial charge < -0.3 is 9.73 Å². The summed E-state index contributed by atoms with van der Waals surface area (Å²) in [6.07, 6.45) is 0. The number of carbonyl (C=O) groups excluding carboxylic acids is 1. The highest BCUT2D eigenvalue weighted by Crippen LogP contribution is 2.27. The number of hydrogen-bond acceptors (Lipinski definition) is 3. The Bertz CT molecular complexity index is 1180. The van der Waals surface area contributed by atoms with Crippen LogP contribution in [0.1, 0.15) is 10.4 Å². The van der Waals surface area contributed by atoms with Crippen LogP contribution in [-0.4, -0.2) is 10.9 Å². The minimum atomic E-state index is -0.364. The number of nitrogens with zero attached hydrogens (tertiary/aromatic N) is 1. The van der Waals surface area contributed by atoms with Crippen molar-refractivity contribution >= 4 is 56.9 Å². The van der Waals surface area contributed by atoms with Gasteiger partial charge in [-0.2, -0.15) is 0 Å². The fourth-order valence-electron chi connectivity index (χ4n) is 2.62. The fraction of sp³-hybridized carbons (Fsp3) is 0. The van der Waals surface area contributed by atoms with E-state index in [2.05, 4.69) is 32.9 Å². The maximum atomic E-state index is 13.4. The Morgan fingerprint density at radius 1 is 1.11 bits per heavy atom. The third kappa shape index (κ3) is 3.81. The van der Waals surface area contributed by atoms with Crippen molar-refractivity contribution in [1.82, 2.24) is 4.98 Å². The molecule has 27 heavy (non-hydrogen) atoms. The normalized spacial score (nSPS) is 10.9. The molecule has 7 heteroatoms. The second-order valence-electron chi connectivity index (χ2n) is 5.79. The third-order valence-corrected chi connectivity index (χ3v) is 4.89. The SMILES string of the molecule is O=C(Nc1ccc2oc(-c3cccc(F)c3)nc2c1)c1cc(I)ccc1Cl. The molecule has 1 aromatic heterocycles. The standard InChI is InChI=1S/C20H11ClFIN2O2/c21-16-6-4-13(23)9-15(16)19(26)24-14-5-7-18-17(10-14)25-20(27-18)11-2-1-3-12(22)8-11/h1-10H,(H,24,26). The van der Waals surface area contributed by atoms with Gasteiger partial charge in [0.15, 0.2) is 5.58 Å². The van der Waals surface area contributed by atoms with Gasteiger partial charge in [-0.05, 0) is 77.2 Å². The second-order valence-corrected chi connectivity index (χ2v) is 7.44. The van der Waals surface area contributed by atoms with Crippen LogP contribution < -0.4 is 5.32 Å². The van der Waals surface area contributed by atoms with E-state index in [1.54, 1.807) is 42.5 Å². The van der Waals surface area contributed by atoms with Gasteiger partial charge in [-0.15, -0.1) is 0 Å². The summed E-state index contributed by atoms with van der Waals surface area (Å²) < 4.78 is 20.0. The number of halogens is 3. The van der Waals surface area contributed by atoms with Crippen molar-refractivity contribution in [2.75, 3.05) is 5.32 Å². The fourth-order valence-corrected chi connectivity index (χ4v) is 3.31. The Hall–Kier alpha value is -2.45.